The Hall–Kier alpha value is -0.830. The van der Waals surface area contributed by atoms with Crippen molar-refractivity contribution in [2.45, 2.75) is 25.7 Å². The second-order valence-corrected chi connectivity index (χ2v) is 8.45. The highest BCUT2D eigenvalue weighted by Crippen LogP contribution is 2.49. The molecule has 2 aliphatic carbocycles. The van der Waals surface area contributed by atoms with E-state index in [2.05, 4.69) is 42.6 Å². The van der Waals surface area contributed by atoms with Crippen LogP contribution in [0.5, 0.6) is 0 Å². The largest absolute Gasteiger partial charge is 0.305 e. The second-order valence-electron chi connectivity index (χ2n) is 7.13. The number of fused-ring (bicyclic) bond motifs is 3. The standard InChI is InChI=1S/C19H22ClNS/c1-21(2)10-15-8-12-3-4-13(7-12)19(15)14-5-6-18-16(9-14)17(20)11-22-18/h5-6,9,11-13H,3-4,7-8,10H2,1-2H3/t12-,13-/m0/s1. The van der Waals surface area contributed by atoms with Gasteiger partial charge < -0.3 is 4.90 Å². The molecule has 0 N–H and O–H groups in total. The fraction of sp³-hybridized carbons (Fsp3) is 0.474. The van der Waals surface area contributed by atoms with Crippen LogP contribution in [0.1, 0.15) is 31.2 Å². The van der Waals surface area contributed by atoms with Crippen molar-refractivity contribution in [3.8, 4) is 0 Å². The Morgan fingerprint density at radius 1 is 1.27 bits per heavy atom. The molecule has 2 aliphatic rings. The first-order valence-electron chi connectivity index (χ1n) is 8.15. The summed E-state index contributed by atoms with van der Waals surface area (Å²) in [7, 11) is 4.36. The van der Waals surface area contributed by atoms with Crippen LogP contribution in [-0.2, 0) is 0 Å². The van der Waals surface area contributed by atoms with E-state index in [1.165, 1.54) is 41.3 Å². The number of likely N-dealkylation sites (N-methyl/N-ethyl adjacent to an activating group) is 1. The van der Waals surface area contributed by atoms with Crippen molar-refractivity contribution in [1.29, 1.82) is 0 Å². The third-order valence-electron chi connectivity index (χ3n) is 5.21. The average Bonchev–Trinajstić information content (AvgIpc) is 3.03. The number of halogens is 1. The van der Waals surface area contributed by atoms with E-state index in [1.807, 2.05) is 0 Å². The average molecular weight is 332 g/mol. The van der Waals surface area contributed by atoms with Crippen molar-refractivity contribution in [2.24, 2.45) is 11.8 Å². The summed E-state index contributed by atoms with van der Waals surface area (Å²) < 4.78 is 1.30. The van der Waals surface area contributed by atoms with Gasteiger partial charge in [0.1, 0.15) is 0 Å². The molecule has 1 heterocycles. The molecule has 116 valence electrons. The summed E-state index contributed by atoms with van der Waals surface area (Å²) in [4.78, 5) is 2.32. The van der Waals surface area contributed by atoms with Gasteiger partial charge in [-0.1, -0.05) is 23.2 Å². The lowest BCUT2D eigenvalue weighted by molar-refractivity contribution is 0.413. The number of allylic oxidation sites excluding steroid dienone is 1. The van der Waals surface area contributed by atoms with Gasteiger partial charge >= 0.3 is 0 Å². The van der Waals surface area contributed by atoms with Gasteiger partial charge in [-0.3, -0.25) is 0 Å². The summed E-state index contributed by atoms with van der Waals surface area (Å²) in [6, 6.07) is 6.90. The maximum atomic E-state index is 6.37. The molecule has 0 amide bonds. The molecule has 4 rings (SSSR count). The van der Waals surface area contributed by atoms with Crippen molar-refractivity contribution in [2.75, 3.05) is 20.6 Å². The number of benzene rings is 1. The van der Waals surface area contributed by atoms with E-state index in [1.54, 1.807) is 22.5 Å². The first-order chi connectivity index (χ1) is 10.6. The minimum Gasteiger partial charge on any atom is -0.305 e. The van der Waals surface area contributed by atoms with Gasteiger partial charge in [-0.15, -0.1) is 11.3 Å². The van der Waals surface area contributed by atoms with Crippen LogP contribution < -0.4 is 0 Å². The van der Waals surface area contributed by atoms with Crippen LogP contribution in [0.3, 0.4) is 0 Å². The molecule has 0 saturated heterocycles. The Kier molecular flexibility index (Phi) is 3.80. The van der Waals surface area contributed by atoms with Crippen molar-refractivity contribution < 1.29 is 0 Å². The molecule has 1 aromatic heterocycles. The fourth-order valence-electron chi connectivity index (χ4n) is 4.41. The van der Waals surface area contributed by atoms with Gasteiger partial charge in [-0.2, -0.15) is 0 Å². The Bertz CT molecular complexity index is 743. The zero-order valence-electron chi connectivity index (χ0n) is 13.2. The van der Waals surface area contributed by atoms with Crippen LogP contribution in [0.2, 0.25) is 5.02 Å². The molecular formula is C19H22ClNS. The van der Waals surface area contributed by atoms with Gasteiger partial charge in [0.2, 0.25) is 0 Å². The highest BCUT2D eigenvalue weighted by Gasteiger charge is 2.35. The third kappa shape index (κ3) is 2.51. The molecule has 0 spiro atoms. The summed E-state index contributed by atoms with van der Waals surface area (Å²) in [5.41, 5.74) is 4.70. The van der Waals surface area contributed by atoms with Gasteiger partial charge in [0.25, 0.3) is 0 Å². The van der Waals surface area contributed by atoms with Crippen LogP contribution in [0.15, 0.2) is 29.2 Å². The van der Waals surface area contributed by atoms with Gasteiger partial charge in [0.05, 0.1) is 5.02 Å². The molecule has 0 radical (unpaired) electrons. The third-order valence-corrected chi connectivity index (χ3v) is 6.62. The summed E-state index contributed by atoms with van der Waals surface area (Å²) in [6.07, 6.45) is 5.46. The molecule has 2 bridgehead atoms. The predicted octanol–water partition coefficient (Wildman–Crippen LogP) is 5.69. The summed E-state index contributed by atoms with van der Waals surface area (Å²) in [6.45, 7) is 1.09. The molecule has 1 saturated carbocycles. The lowest BCUT2D eigenvalue weighted by Gasteiger charge is -2.29. The van der Waals surface area contributed by atoms with Crippen molar-refractivity contribution in [3.63, 3.8) is 0 Å². The summed E-state index contributed by atoms with van der Waals surface area (Å²) in [5.74, 6) is 1.70. The summed E-state index contributed by atoms with van der Waals surface area (Å²) >= 11 is 8.11. The first-order valence-corrected chi connectivity index (χ1v) is 9.41. The zero-order valence-corrected chi connectivity index (χ0v) is 14.8. The van der Waals surface area contributed by atoms with E-state index >= 15 is 0 Å². The maximum absolute atomic E-state index is 6.37. The predicted molar refractivity (Wildman–Crippen MR) is 97.8 cm³/mol. The molecule has 0 aliphatic heterocycles. The molecule has 3 heteroatoms. The molecule has 0 unspecified atom stereocenters. The van der Waals surface area contributed by atoms with Gasteiger partial charge in [0.15, 0.2) is 0 Å². The van der Waals surface area contributed by atoms with Gasteiger partial charge in [-0.05, 0) is 74.9 Å². The molecule has 1 fully saturated rings. The number of nitrogens with zero attached hydrogens (tertiary/aromatic N) is 1. The maximum Gasteiger partial charge on any atom is 0.0591 e. The van der Waals surface area contributed by atoms with Crippen LogP contribution in [0.25, 0.3) is 15.7 Å². The van der Waals surface area contributed by atoms with E-state index in [9.17, 15) is 0 Å². The Morgan fingerprint density at radius 2 is 2.14 bits per heavy atom. The van der Waals surface area contributed by atoms with E-state index < -0.39 is 0 Å². The highest BCUT2D eigenvalue weighted by molar-refractivity contribution is 7.17. The minimum atomic E-state index is 0.767. The Labute approximate surface area is 141 Å². The fourth-order valence-corrected chi connectivity index (χ4v) is 5.55. The van der Waals surface area contributed by atoms with Crippen LogP contribution in [0.4, 0.5) is 0 Å². The van der Waals surface area contributed by atoms with Crippen molar-refractivity contribution >= 4 is 38.6 Å². The molecule has 22 heavy (non-hydrogen) atoms. The van der Waals surface area contributed by atoms with Crippen molar-refractivity contribution in [1.82, 2.24) is 4.90 Å². The van der Waals surface area contributed by atoms with Crippen LogP contribution in [-0.4, -0.2) is 25.5 Å². The van der Waals surface area contributed by atoms with Crippen LogP contribution in [0, 0.1) is 11.8 Å². The number of rotatable bonds is 3. The normalized spacial score (nSPS) is 24.7. The van der Waals surface area contributed by atoms with Gasteiger partial charge in [0, 0.05) is 22.0 Å². The molecule has 1 aromatic carbocycles. The van der Waals surface area contributed by atoms with E-state index in [0.29, 0.717) is 0 Å². The molecule has 1 nitrogen and oxygen atoms in total. The number of hydrogen-bond acceptors (Lipinski definition) is 2. The first kappa shape index (κ1) is 14.7. The Morgan fingerprint density at radius 3 is 2.95 bits per heavy atom. The Balaban J connectivity index is 1.84. The van der Waals surface area contributed by atoms with E-state index in [0.717, 1.165) is 23.4 Å². The molecular weight excluding hydrogens is 310 g/mol. The van der Waals surface area contributed by atoms with Crippen LogP contribution >= 0.6 is 22.9 Å². The SMILES string of the molecule is CN(C)CC1=C(c2ccc3scc(Cl)c3c2)[C@H]2CC[C@H](C1)C2. The quantitative estimate of drug-likeness (QED) is 0.698. The minimum absolute atomic E-state index is 0.767. The van der Waals surface area contributed by atoms with E-state index in [-0.39, 0.29) is 0 Å². The van der Waals surface area contributed by atoms with E-state index in [4.69, 9.17) is 11.6 Å². The lowest BCUT2D eigenvalue weighted by atomic mass is 9.79. The second kappa shape index (κ2) is 5.67. The molecule has 2 aromatic rings. The highest BCUT2D eigenvalue weighted by atomic mass is 35.5. The lowest BCUT2D eigenvalue weighted by Crippen LogP contribution is -2.21. The molecule has 2 atom stereocenters. The summed E-state index contributed by atoms with van der Waals surface area (Å²) in [5, 5.41) is 4.18. The number of hydrogen-bond donors (Lipinski definition) is 0. The number of thiophene rings is 1. The topological polar surface area (TPSA) is 3.24 Å². The van der Waals surface area contributed by atoms with Gasteiger partial charge in [-0.25, -0.2) is 0 Å². The zero-order chi connectivity index (χ0) is 15.3. The smallest absolute Gasteiger partial charge is 0.0591 e. The van der Waals surface area contributed by atoms with Crippen molar-refractivity contribution in [3.05, 3.63) is 39.7 Å². The monoisotopic (exact) mass is 331 g/mol.